The number of benzene rings is 2. The standard InChI is InChI=1S/C17H16Cl3NO2S/c18-13-6-5-12(15(20)9-13)11-24-8-7-21-17(22)10-23-16-4-2-1-3-14(16)19/h1-6,9H,7-8,10-11H2,(H,21,22). The van der Waals surface area contributed by atoms with E-state index in [1.54, 1.807) is 42.1 Å². The zero-order valence-electron chi connectivity index (χ0n) is 12.7. The lowest BCUT2D eigenvalue weighted by atomic mass is 10.2. The summed E-state index contributed by atoms with van der Waals surface area (Å²) in [6, 6.07) is 12.5. The SMILES string of the molecule is O=C(COc1ccccc1Cl)NCCSCc1ccc(Cl)cc1Cl. The molecule has 0 saturated carbocycles. The van der Waals surface area contributed by atoms with E-state index in [0.717, 1.165) is 17.1 Å². The molecule has 1 amide bonds. The summed E-state index contributed by atoms with van der Waals surface area (Å²) >= 11 is 19.6. The second-order valence-corrected chi connectivity index (χ2v) is 7.21. The van der Waals surface area contributed by atoms with Crippen LogP contribution in [0.25, 0.3) is 0 Å². The Morgan fingerprint density at radius 2 is 1.88 bits per heavy atom. The molecule has 0 saturated heterocycles. The van der Waals surface area contributed by atoms with Gasteiger partial charge in [-0.15, -0.1) is 0 Å². The van der Waals surface area contributed by atoms with Gasteiger partial charge in [0.1, 0.15) is 5.75 Å². The molecule has 3 nitrogen and oxygen atoms in total. The van der Waals surface area contributed by atoms with E-state index < -0.39 is 0 Å². The third kappa shape index (κ3) is 6.44. The molecular weight excluding hydrogens is 389 g/mol. The first kappa shape index (κ1) is 19.3. The summed E-state index contributed by atoms with van der Waals surface area (Å²) in [4.78, 5) is 11.7. The van der Waals surface area contributed by atoms with Crippen LogP contribution >= 0.6 is 46.6 Å². The molecule has 0 heterocycles. The molecule has 1 N–H and O–H groups in total. The average molecular weight is 405 g/mol. The minimum atomic E-state index is -0.181. The number of para-hydroxylation sites is 1. The lowest BCUT2D eigenvalue weighted by molar-refractivity contribution is -0.122. The molecule has 0 unspecified atom stereocenters. The Balaban J connectivity index is 1.62. The summed E-state index contributed by atoms with van der Waals surface area (Å²) in [5.74, 6) is 1.86. The van der Waals surface area contributed by atoms with Crippen LogP contribution in [0.15, 0.2) is 42.5 Å². The summed E-state index contributed by atoms with van der Waals surface area (Å²) < 4.78 is 5.37. The molecule has 0 atom stereocenters. The lowest BCUT2D eigenvalue weighted by Crippen LogP contribution is -2.30. The topological polar surface area (TPSA) is 38.3 Å². The van der Waals surface area contributed by atoms with Gasteiger partial charge in [0.25, 0.3) is 5.91 Å². The minimum absolute atomic E-state index is 0.0581. The van der Waals surface area contributed by atoms with Crippen molar-refractivity contribution in [2.75, 3.05) is 18.9 Å². The maximum Gasteiger partial charge on any atom is 0.257 e. The summed E-state index contributed by atoms with van der Waals surface area (Å²) in [6.07, 6.45) is 0. The first-order valence-electron chi connectivity index (χ1n) is 7.22. The Kier molecular flexibility index (Phi) is 8.06. The maximum atomic E-state index is 11.7. The van der Waals surface area contributed by atoms with Crippen molar-refractivity contribution >= 4 is 52.5 Å². The van der Waals surface area contributed by atoms with E-state index >= 15 is 0 Å². The highest BCUT2D eigenvalue weighted by Gasteiger charge is 2.05. The van der Waals surface area contributed by atoms with E-state index in [4.69, 9.17) is 39.5 Å². The van der Waals surface area contributed by atoms with Gasteiger partial charge in [-0.1, -0.05) is 53.0 Å². The van der Waals surface area contributed by atoms with Crippen molar-refractivity contribution in [1.82, 2.24) is 5.32 Å². The Morgan fingerprint density at radius 1 is 1.08 bits per heavy atom. The lowest BCUT2D eigenvalue weighted by Gasteiger charge is -2.09. The second kappa shape index (κ2) is 10.0. The van der Waals surface area contributed by atoms with Crippen LogP contribution in [0.5, 0.6) is 5.75 Å². The molecule has 0 radical (unpaired) electrons. The predicted molar refractivity (Wildman–Crippen MR) is 103 cm³/mol. The van der Waals surface area contributed by atoms with Crippen molar-refractivity contribution in [3.8, 4) is 5.75 Å². The Labute approximate surface area is 160 Å². The van der Waals surface area contributed by atoms with Crippen molar-refractivity contribution in [1.29, 1.82) is 0 Å². The zero-order chi connectivity index (χ0) is 17.4. The Bertz CT molecular complexity index is 697. The van der Waals surface area contributed by atoms with Crippen LogP contribution in [-0.2, 0) is 10.5 Å². The van der Waals surface area contributed by atoms with Crippen molar-refractivity contribution < 1.29 is 9.53 Å². The number of hydrogen-bond acceptors (Lipinski definition) is 3. The van der Waals surface area contributed by atoms with Crippen molar-refractivity contribution in [3.63, 3.8) is 0 Å². The van der Waals surface area contributed by atoms with Gasteiger partial charge in [0, 0.05) is 28.1 Å². The van der Waals surface area contributed by atoms with Crippen molar-refractivity contribution in [2.24, 2.45) is 0 Å². The number of ether oxygens (including phenoxy) is 1. The van der Waals surface area contributed by atoms with Gasteiger partial charge in [-0.25, -0.2) is 0 Å². The van der Waals surface area contributed by atoms with Crippen LogP contribution in [0.4, 0.5) is 0 Å². The summed E-state index contributed by atoms with van der Waals surface area (Å²) in [5, 5.41) is 4.57. The molecule has 2 aromatic rings. The molecular formula is C17H16Cl3NO2S. The monoisotopic (exact) mass is 403 g/mol. The molecule has 128 valence electrons. The maximum absolute atomic E-state index is 11.7. The molecule has 7 heteroatoms. The normalized spacial score (nSPS) is 10.5. The van der Waals surface area contributed by atoms with Gasteiger partial charge in [0.2, 0.25) is 0 Å². The van der Waals surface area contributed by atoms with Gasteiger partial charge >= 0.3 is 0 Å². The highest BCUT2D eigenvalue weighted by atomic mass is 35.5. The van der Waals surface area contributed by atoms with E-state index in [9.17, 15) is 4.79 Å². The van der Waals surface area contributed by atoms with Crippen LogP contribution in [0.1, 0.15) is 5.56 Å². The van der Waals surface area contributed by atoms with E-state index in [-0.39, 0.29) is 12.5 Å². The third-order valence-electron chi connectivity index (χ3n) is 3.04. The molecule has 0 aliphatic carbocycles. The van der Waals surface area contributed by atoms with Crippen LogP contribution in [0.3, 0.4) is 0 Å². The second-order valence-electron chi connectivity index (χ2n) is 4.86. The molecule has 0 fully saturated rings. The van der Waals surface area contributed by atoms with Gasteiger partial charge in [-0.2, -0.15) is 11.8 Å². The number of nitrogens with one attached hydrogen (secondary N) is 1. The fraction of sp³-hybridized carbons (Fsp3) is 0.235. The van der Waals surface area contributed by atoms with Gasteiger partial charge in [-0.3, -0.25) is 4.79 Å². The molecule has 2 rings (SSSR count). The van der Waals surface area contributed by atoms with Crippen molar-refractivity contribution in [2.45, 2.75) is 5.75 Å². The Morgan fingerprint density at radius 3 is 2.62 bits per heavy atom. The average Bonchev–Trinajstić information content (AvgIpc) is 2.55. The van der Waals surface area contributed by atoms with Gasteiger partial charge in [0.05, 0.1) is 5.02 Å². The van der Waals surface area contributed by atoms with E-state index in [0.29, 0.717) is 27.4 Å². The highest BCUT2D eigenvalue weighted by Crippen LogP contribution is 2.24. The molecule has 0 aliphatic heterocycles. The fourth-order valence-electron chi connectivity index (χ4n) is 1.84. The summed E-state index contributed by atoms with van der Waals surface area (Å²) in [6.45, 7) is 0.498. The van der Waals surface area contributed by atoms with E-state index in [1.807, 2.05) is 12.1 Å². The van der Waals surface area contributed by atoms with Crippen molar-refractivity contribution in [3.05, 3.63) is 63.1 Å². The number of halogens is 3. The molecule has 2 aromatic carbocycles. The Hall–Kier alpha value is -1.07. The number of thioether (sulfide) groups is 1. The van der Waals surface area contributed by atoms with Crippen LogP contribution in [0, 0.1) is 0 Å². The molecule has 0 aromatic heterocycles. The molecule has 0 spiro atoms. The number of rotatable bonds is 8. The first-order valence-corrected chi connectivity index (χ1v) is 9.51. The van der Waals surface area contributed by atoms with E-state index in [1.165, 1.54) is 0 Å². The highest BCUT2D eigenvalue weighted by molar-refractivity contribution is 7.98. The molecule has 0 bridgehead atoms. The minimum Gasteiger partial charge on any atom is -0.482 e. The summed E-state index contributed by atoms with van der Waals surface area (Å²) in [5.41, 5.74) is 1.03. The van der Waals surface area contributed by atoms with Crippen LogP contribution < -0.4 is 10.1 Å². The number of carbonyl (C=O) groups is 1. The van der Waals surface area contributed by atoms with E-state index in [2.05, 4.69) is 5.32 Å². The van der Waals surface area contributed by atoms with Gasteiger partial charge in [0.15, 0.2) is 6.61 Å². The molecule has 24 heavy (non-hydrogen) atoms. The third-order valence-corrected chi connectivity index (χ3v) is 4.94. The first-order chi connectivity index (χ1) is 11.6. The fourth-order valence-corrected chi connectivity index (χ4v) is 3.45. The van der Waals surface area contributed by atoms with Crippen LogP contribution in [-0.4, -0.2) is 24.8 Å². The largest absolute Gasteiger partial charge is 0.482 e. The van der Waals surface area contributed by atoms with Crippen LogP contribution in [0.2, 0.25) is 15.1 Å². The smallest absolute Gasteiger partial charge is 0.257 e. The number of amides is 1. The zero-order valence-corrected chi connectivity index (χ0v) is 15.8. The number of hydrogen-bond donors (Lipinski definition) is 1. The molecule has 0 aliphatic rings. The number of carbonyl (C=O) groups excluding carboxylic acids is 1. The van der Waals surface area contributed by atoms with Gasteiger partial charge < -0.3 is 10.1 Å². The summed E-state index contributed by atoms with van der Waals surface area (Å²) in [7, 11) is 0. The predicted octanol–water partition coefficient (Wildman–Crippen LogP) is 5.08. The quantitative estimate of drug-likeness (QED) is 0.624. The van der Waals surface area contributed by atoms with Gasteiger partial charge in [-0.05, 0) is 29.8 Å².